The monoisotopic (exact) mass is 344 g/mol. The van der Waals surface area contributed by atoms with Crippen molar-refractivity contribution in [2.75, 3.05) is 18.6 Å². The molecule has 0 spiro atoms. The van der Waals surface area contributed by atoms with Crippen molar-refractivity contribution in [1.82, 2.24) is 5.32 Å². The molecule has 1 saturated heterocycles. The first-order valence-corrected chi connectivity index (χ1v) is 8.71. The molecule has 0 saturated carbocycles. The highest BCUT2D eigenvalue weighted by Crippen LogP contribution is 2.33. The minimum absolute atomic E-state index is 0.0461. The summed E-state index contributed by atoms with van der Waals surface area (Å²) >= 11 is 1.60. The summed E-state index contributed by atoms with van der Waals surface area (Å²) in [5.74, 6) is 0.192. The molecule has 2 amide bonds. The van der Waals surface area contributed by atoms with Gasteiger partial charge < -0.3 is 15.0 Å². The summed E-state index contributed by atoms with van der Waals surface area (Å²) in [6.45, 7) is 2.86. The van der Waals surface area contributed by atoms with Crippen LogP contribution in [0, 0.1) is 12.8 Å². The number of aryl methyl sites for hydroxylation is 1. The van der Waals surface area contributed by atoms with Crippen molar-refractivity contribution in [3.8, 4) is 5.75 Å². The van der Waals surface area contributed by atoms with Crippen LogP contribution in [-0.4, -0.2) is 25.5 Å². The molecule has 1 atom stereocenters. The van der Waals surface area contributed by atoms with E-state index >= 15 is 0 Å². The van der Waals surface area contributed by atoms with Crippen LogP contribution in [0.1, 0.15) is 16.9 Å². The molecule has 1 unspecified atom stereocenters. The van der Waals surface area contributed by atoms with E-state index in [1.165, 1.54) is 0 Å². The number of ether oxygens (including phenoxy) is 1. The van der Waals surface area contributed by atoms with Gasteiger partial charge in [0.15, 0.2) is 0 Å². The number of nitrogens with zero attached hydrogens (tertiary/aromatic N) is 1. The van der Waals surface area contributed by atoms with Gasteiger partial charge in [-0.15, -0.1) is 11.3 Å². The molecule has 2 aromatic rings. The fourth-order valence-corrected chi connectivity index (χ4v) is 3.50. The second kappa shape index (κ2) is 7.05. The predicted octanol–water partition coefficient (Wildman–Crippen LogP) is 2.73. The lowest BCUT2D eigenvalue weighted by atomic mass is 10.1. The van der Waals surface area contributed by atoms with Crippen LogP contribution in [0.5, 0.6) is 5.75 Å². The zero-order chi connectivity index (χ0) is 17.1. The van der Waals surface area contributed by atoms with Gasteiger partial charge in [-0.1, -0.05) is 12.1 Å². The quantitative estimate of drug-likeness (QED) is 0.907. The smallest absolute Gasteiger partial charge is 0.227 e. The lowest BCUT2D eigenvalue weighted by Gasteiger charge is -2.20. The molecule has 1 aromatic heterocycles. The largest absolute Gasteiger partial charge is 0.495 e. The number of rotatable bonds is 5. The van der Waals surface area contributed by atoms with E-state index in [0.717, 1.165) is 16.1 Å². The number of methoxy groups -OCH3 is 1. The predicted molar refractivity (Wildman–Crippen MR) is 94.4 cm³/mol. The number of amides is 2. The van der Waals surface area contributed by atoms with Crippen LogP contribution in [0.3, 0.4) is 0 Å². The van der Waals surface area contributed by atoms with Gasteiger partial charge in [0.05, 0.1) is 25.3 Å². The Morgan fingerprint density at radius 3 is 2.96 bits per heavy atom. The van der Waals surface area contributed by atoms with E-state index in [2.05, 4.69) is 5.32 Å². The summed E-state index contributed by atoms with van der Waals surface area (Å²) in [5.41, 5.74) is 1.78. The molecule has 2 heterocycles. The molecule has 0 aliphatic carbocycles. The third-order valence-electron chi connectivity index (χ3n) is 4.14. The lowest BCUT2D eigenvalue weighted by Crippen LogP contribution is -2.32. The molecular weight excluding hydrogens is 324 g/mol. The van der Waals surface area contributed by atoms with Crippen molar-refractivity contribution >= 4 is 28.8 Å². The van der Waals surface area contributed by atoms with Gasteiger partial charge in [-0.05, 0) is 36.1 Å². The van der Waals surface area contributed by atoms with Crippen molar-refractivity contribution in [2.24, 2.45) is 5.92 Å². The molecule has 3 rings (SSSR count). The number of hydrogen-bond donors (Lipinski definition) is 1. The van der Waals surface area contributed by atoms with Gasteiger partial charge >= 0.3 is 0 Å². The van der Waals surface area contributed by atoms with Crippen molar-refractivity contribution in [3.63, 3.8) is 0 Å². The SMILES string of the molecule is COc1ccc(C)cc1N1CC(C(=O)NCc2cccs2)CC1=O. The summed E-state index contributed by atoms with van der Waals surface area (Å²) in [6.07, 6.45) is 0.230. The van der Waals surface area contributed by atoms with E-state index in [1.807, 2.05) is 42.6 Å². The Balaban J connectivity index is 1.69. The maximum atomic E-state index is 12.4. The highest BCUT2D eigenvalue weighted by molar-refractivity contribution is 7.09. The maximum Gasteiger partial charge on any atom is 0.227 e. The number of nitrogens with one attached hydrogen (secondary N) is 1. The van der Waals surface area contributed by atoms with Crippen LogP contribution in [0.4, 0.5) is 5.69 Å². The Bertz CT molecular complexity index is 743. The van der Waals surface area contributed by atoms with Crippen LogP contribution in [-0.2, 0) is 16.1 Å². The number of hydrogen-bond acceptors (Lipinski definition) is 4. The zero-order valence-corrected chi connectivity index (χ0v) is 14.6. The molecule has 1 N–H and O–H groups in total. The average Bonchev–Trinajstić information content (AvgIpc) is 3.22. The zero-order valence-electron chi connectivity index (χ0n) is 13.7. The molecular formula is C18H20N2O3S. The summed E-state index contributed by atoms with van der Waals surface area (Å²) in [5, 5.41) is 4.90. The Morgan fingerprint density at radius 2 is 2.25 bits per heavy atom. The van der Waals surface area contributed by atoms with Crippen molar-refractivity contribution < 1.29 is 14.3 Å². The number of benzene rings is 1. The molecule has 6 heteroatoms. The molecule has 1 fully saturated rings. The fraction of sp³-hybridized carbons (Fsp3) is 0.333. The Kier molecular flexibility index (Phi) is 4.85. The van der Waals surface area contributed by atoms with Gasteiger partial charge in [0.2, 0.25) is 11.8 Å². The molecule has 1 aliphatic rings. The third kappa shape index (κ3) is 3.43. The average molecular weight is 344 g/mol. The third-order valence-corrected chi connectivity index (χ3v) is 5.01. The van der Waals surface area contributed by atoms with Crippen molar-refractivity contribution in [1.29, 1.82) is 0 Å². The number of thiophene rings is 1. The summed E-state index contributed by atoms with van der Waals surface area (Å²) in [6, 6.07) is 9.64. The minimum atomic E-state index is -0.331. The number of anilines is 1. The van der Waals surface area contributed by atoms with Gasteiger partial charge in [-0.25, -0.2) is 0 Å². The fourth-order valence-electron chi connectivity index (χ4n) is 2.86. The molecule has 126 valence electrons. The molecule has 1 aromatic carbocycles. The van der Waals surface area contributed by atoms with E-state index in [1.54, 1.807) is 23.3 Å². The first kappa shape index (κ1) is 16.5. The van der Waals surface area contributed by atoms with E-state index in [9.17, 15) is 9.59 Å². The normalized spacial score (nSPS) is 17.2. The Hall–Kier alpha value is -2.34. The van der Waals surface area contributed by atoms with E-state index in [-0.39, 0.29) is 24.2 Å². The Labute approximate surface area is 145 Å². The van der Waals surface area contributed by atoms with Gasteiger partial charge in [-0.3, -0.25) is 9.59 Å². The standard InChI is InChI=1S/C18H20N2O3S/c1-12-5-6-16(23-2)15(8-12)20-11-13(9-17(20)21)18(22)19-10-14-4-3-7-24-14/h3-8,13H,9-11H2,1-2H3,(H,19,22). The number of carbonyl (C=O) groups is 2. The van der Waals surface area contributed by atoms with E-state index < -0.39 is 0 Å². The van der Waals surface area contributed by atoms with Crippen LogP contribution in [0.25, 0.3) is 0 Å². The van der Waals surface area contributed by atoms with Crippen LogP contribution >= 0.6 is 11.3 Å². The highest BCUT2D eigenvalue weighted by Gasteiger charge is 2.36. The first-order valence-electron chi connectivity index (χ1n) is 7.83. The van der Waals surface area contributed by atoms with Crippen molar-refractivity contribution in [2.45, 2.75) is 19.9 Å². The molecule has 24 heavy (non-hydrogen) atoms. The maximum absolute atomic E-state index is 12.4. The van der Waals surface area contributed by atoms with Crippen LogP contribution < -0.4 is 15.0 Å². The van der Waals surface area contributed by atoms with Crippen molar-refractivity contribution in [3.05, 3.63) is 46.2 Å². The van der Waals surface area contributed by atoms with Gasteiger partial charge in [0.25, 0.3) is 0 Å². The second-order valence-corrected chi connectivity index (χ2v) is 6.91. The van der Waals surface area contributed by atoms with E-state index in [4.69, 9.17) is 4.74 Å². The van der Waals surface area contributed by atoms with Gasteiger partial charge in [0, 0.05) is 17.8 Å². The van der Waals surface area contributed by atoms with Crippen LogP contribution in [0.2, 0.25) is 0 Å². The van der Waals surface area contributed by atoms with E-state index in [0.29, 0.717) is 18.8 Å². The highest BCUT2D eigenvalue weighted by atomic mass is 32.1. The second-order valence-electron chi connectivity index (χ2n) is 5.88. The lowest BCUT2D eigenvalue weighted by molar-refractivity contribution is -0.126. The summed E-state index contributed by atoms with van der Waals surface area (Å²) in [7, 11) is 1.58. The summed E-state index contributed by atoms with van der Waals surface area (Å²) < 4.78 is 5.36. The topological polar surface area (TPSA) is 58.6 Å². The Morgan fingerprint density at radius 1 is 1.42 bits per heavy atom. The minimum Gasteiger partial charge on any atom is -0.495 e. The summed E-state index contributed by atoms with van der Waals surface area (Å²) in [4.78, 5) is 27.5. The molecule has 5 nitrogen and oxygen atoms in total. The van der Waals surface area contributed by atoms with Crippen LogP contribution in [0.15, 0.2) is 35.7 Å². The van der Waals surface area contributed by atoms with Gasteiger partial charge in [-0.2, -0.15) is 0 Å². The first-order chi connectivity index (χ1) is 11.6. The van der Waals surface area contributed by atoms with Gasteiger partial charge in [0.1, 0.15) is 5.75 Å². The number of carbonyl (C=O) groups excluding carboxylic acids is 2. The molecule has 0 radical (unpaired) electrons. The molecule has 0 bridgehead atoms. The molecule has 1 aliphatic heterocycles.